The van der Waals surface area contributed by atoms with Gasteiger partial charge in [0.25, 0.3) is 5.56 Å². The van der Waals surface area contributed by atoms with E-state index in [9.17, 15) is 24.3 Å². The van der Waals surface area contributed by atoms with Crippen LogP contribution in [-0.2, 0) is 32.0 Å². The number of carbonyl (C=O) groups is 1. The van der Waals surface area contributed by atoms with E-state index in [1.807, 2.05) is 10.6 Å². The molecule has 2 bridgehead atoms. The van der Waals surface area contributed by atoms with Crippen molar-refractivity contribution in [3.8, 4) is 5.75 Å². The monoisotopic (exact) mass is 545 g/mol. The van der Waals surface area contributed by atoms with Crippen LogP contribution in [0.2, 0.25) is 0 Å². The maximum Gasteiger partial charge on any atom is 0.328 e. The molecule has 40 heavy (non-hydrogen) atoms. The third kappa shape index (κ3) is 4.36. The molecule has 0 spiro atoms. The van der Waals surface area contributed by atoms with Gasteiger partial charge in [-0.1, -0.05) is 12.1 Å². The molecule has 1 fully saturated rings. The minimum atomic E-state index is -0.829. The SMILES string of the molecule is Cn1c(=O)n(C)c2cc(C(CC(N)=O)c3oc(CN4C[C@H]5C[C@@H](C4)c4cccc(=O)n4C5)cc(=O)c3O)ccc21. The Morgan fingerprint density at radius 3 is 2.60 bits per heavy atom. The summed E-state index contributed by atoms with van der Waals surface area (Å²) in [4.78, 5) is 52.0. The molecule has 3 N–H and O–H groups in total. The highest BCUT2D eigenvalue weighted by Gasteiger charge is 2.35. The summed E-state index contributed by atoms with van der Waals surface area (Å²) in [5.74, 6) is -1.21. The Balaban J connectivity index is 1.35. The van der Waals surface area contributed by atoms with Crippen LogP contribution < -0.4 is 22.4 Å². The summed E-state index contributed by atoms with van der Waals surface area (Å²) in [6.45, 7) is 2.42. The van der Waals surface area contributed by atoms with Crippen molar-refractivity contribution in [1.82, 2.24) is 18.6 Å². The van der Waals surface area contributed by atoms with E-state index in [-0.39, 0.29) is 29.3 Å². The second-order valence-electron chi connectivity index (χ2n) is 11.1. The maximum absolute atomic E-state index is 12.9. The van der Waals surface area contributed by atoms with Gasteiger partial charge in [-0.25, -0.2) is 4.79 Å². The Labute approximate surface area is 228 Å². The highest BCUT2D eigenvalue weighted by molar-refractivity contribution is 5.79. The maximum atomic E-state index is 12.9. The fourth-order valence-corrected chi connectivity index (χ4v) is 6.52. The van der Waals surface area contributed by atoms with E-state index in [0.717, 1.165) is 18.7 Å². The smallest absolute Gasteiger partial charge is 0.328 e. The first-order valence-electron chi connectivity index (χ1n) is 13.3. The summed E-state index contributed by atoms with van der Waals surface area (Å²) in [7, 11) is 3.32. The number of aryl methyl sites for hydroxylation is 2. The summed E-state index contributed by atoms with van der Waals surface area (Å²) in [5, 5.41) is 10.8. The summed E-state index contributed by atoms with van der Waals surface area (Å²) >= 11 is 0. The van der Waals surface area contributed by atoms with E-state index in [2.05, 4.69) is 4.90 Å². The summed E-state index contributed by atoms with van der Waals surface area (Å²) < 4.78 is 11.0. The van der Waals surface area contributed by atoms with Crippen LogP contribution in [0.3, 0.4) is 0 Å². The molecule has 4 aromatic rings. The largest absolute Gasteiger partial charge is 0.502 e. The Hall–Kier alpha value is -4.38. The average molecular weight is 546 g/mol. The zero-order chi connectivity index (χ0) is 28.3. The van der Waals surface area contributed by atoms with Gasteiger partial charge in [0.2, 0.25) is 17.1 Å². The summed E-state index contributed by atoms with van der Waals surface area (Å²) in [6.07, 6.45) is 0.793. The van der Waals surface area contributed by atoms with Crippen molar-refractivity contribution in [3.63, 3.8) is 0 Å². The van der Waals surface area contributed by atoms with Crippen LogP contribution in [0.5, 0.6) is 5.75 Å². The number of rotatable bonds is 6. The van der Waals surface area contributed by atoms with Gasteiger partial charge >= 0.3 is 5.69 Å². The number of imidazole rings is 1. The first-order chi connectivity index (χ1) is 19.1. The molecule has 1 unspecified atom stereocenters. The molecule has 0 radical (unpaired) electrons. The van der Waals surface area contributed by atoms with Gasteiger partial charge in [-0.2, -0.15) is 0 Å². The number of aromatic hydroxyl groups is 1. The topological polar surface area (TPSA) is 146 Å². The van der Waals surface area contributed by atoms with E-state index in [4.69, 9.17) is 10.2 Å². The lowest BCUT2D eigenvalue weighted by molar-refractivity contribution is -0.118. The lowest BCUT2D eigenvalue weighted by Gasteiger charge is -2.42. The molecule has 11 heteroatoms. The Kier molecular flexibility index (Phi) is 6.25. The Morgan fingerprint density at radius 2 is 1.82 bits per heavy atom. The van der Waals surface area contributed by atoms with Crippen LogP contribution >= 0.6 is 0 Å². The third-order valence-electron chi connectivity index (χ3n) is 8.35. The first kappa shape index (κ1) is 25.9. The molecule has 3 atom stereocenters. The number of aromatic nitrogens is 3. The number of piperidine rings is 1. The molecular formula is C29H31N5O6. The number of nitrogens with two attached hydrogens (primary N) is 1. The van der Waals surface area contributed by atoms with Crippen molar-refractivity contribution in [2.24, 2.45) is 25.7 Å². The van der Waals surface area contributed by atoms with Gasteiger partial charge in [0.1, 0.15) is 5.76 Å². The minimum absolute atomic E-state index is 0.0177. The number of amides is 1. The number of likely N-dealkylation sites (tertiary alicyclic amines) is 1. The first-order valence-corrected chi connectivity index (χ1v) is 13.3. The molecule has 208 valence electrons. The van der Waals surface area contributed by atoms with Crippen molar-refractivity contribution in [2.45, 2.75) is 37.8 Å². The molecule has 1 saturated heterocycles. The molecule has 3 aromatic heterocycles. The van der Waals surface area contributed by atoms with Crippen LogP contribution in [0.25, 0.3) is 11.0 Å². The van der Waals surface area contributed by atoms with Crippen molar-refractivity contribution >= 4 is 16.9 Å². The van der Waals surface area contributed by atoms with Gasteiger partial charge < -0.3 is 19.8 Å². The highest BCUT2D eigenvalue weighted by Crippen LogP contribution is 2.37. The number of pyridine rings is 1. The quantitative estimate of drug-likeness (QED) is 0.372. The summed E-state index contributed by atoms with van der Waals surface area (Å²) in [5.41, 5.74) is 7.74. The fourth-order valence-electron chi connectivity index (χ4n) is 6.52. The van der Waals surface area contributed by atoms with Crippen LogP contribution in [0.4, 0.5) is 0 Å². The van der Waals surface area contributed by atoms with E-state index in [1.165, 1.54) is 15.2 Å². The highest BCUT2D eigenvalue weighted by atomic mass is 16.4. The average Bonchev–Trinajstić information content (AvgIpc) is 3.13. The van der Waals surface area contributed by atoms with Crippen molar-refractivity contribution < 1.29 is 14.3 Å². The molecule has 0 saturated carbocycles. The van der Waals surface area contributed by atoms with Crippen LogP contribution in [0, 0.1) is 5.92 Å². The van der Waals surface area contributed by atoms with Gasteiger partial charge in [-0.05, 0) is 36.1 Å². The molecule has 1 amide bonds. The molecule has 1 aromatic carbocycles. The van der Waals surface area contributed by atoms with Gasteiger partial charge in [-0.3, -0.25) is 28.4 Å². The van der Waals surface area contributed by atoms with Gasteiger partial charge in [0, 0.05) is 63.9 Å². The van der Waals surface area contributed by atoms with Crippen LogP contribution in [-0.4, -0.2) is 42.7 Å². The van der Waals surface area contributed by atoms with E-state index in [1.54, 1.807) is 44.4 Å². The number of fused-ring (bicyclic) bond motifs is 5. The lowest BCUT2D eigenvalue weighted by atomic mass is 9.83. The predicted octanol–water partition coefficient (Wildman–Crippen LogP) is 1.32. The number of hydrogen-bond acceptors (Lipinski definition) is 7. The standard InChI is InChI=1S/C29H31N5O6/c1-31-22-7-6-17(9-23(22)32(2)29(31)39)20(11-25(30)36)28-27(38)24(35)10-19(40-28)15-33-12-16-8-18(14-33)21-4-3-5-26(37)34(21)13-16/h3-7,9-10,16,18,20,38H,8,11-15H2,1-2H3,(H2,30,36)/t16-,18+,20?/m1/s1. The van der Waals surface area contributed by atoms with E-state index in [0.29, 0.717) is 47.9 Å². The molecule has 6 rings (SSSR count). The second-order valence-corrected chi connectivity index (χ2v) is 11.1. The van der Waals surface area contributed by atoms with Crippen molar-refractivity contribution in [2.75, 3.05) is 13.1 Å². The zero-order valence-electron chi connectivity index (χ0n) is 22.4. The third-order valence-corrected chi connectivity index (χ3v) is 8.35. The molecule has 5 heterocycles. The number of primary amides is 1. The van der Waals surface area contributed by atoms with Crippen LogP contribution in [0.1, 0.15) is 47.5 Å². The molecule has 2 aliphatic heterocycles. The predicted molar refractivity (Wildman–Crippen MR) is 147 cm³/mol. The molecule has 2 aliphatic rings. The Bertz CT molecular complexity index is 1830. The lowest BCUT2D eigenvalue weighted by Crippen LogP contribution is -2.46. The number of nitrogens with zero attached hydrogens (tertiary/aromatic N) is 4. The zero-order valence-corrected chi connectivity index (χ0v) is 22.4. The Morgan fingerprint density at radius 1 is 1.05 bits per heavy atom. The van der Waals surface area contributed by atoms with Crippen molar-refractivity contribution in [3.05, 3.63) is 96.3 Å². The van der Waals surface area contributed by atoms with Crippen LogP contribution in [0.15, 0.2) is 61.3 Å². The van der Waals surface area contributed by atoms with E-state index < -0.39 is 23.0 Å². The van der Waals surface area contributed by atoms with Gasteiger partial charge in [0.05, 0.1) is 23.5 Å². The second kappa shape index (κ2) is 9.67. The fraction of sp³-hybridized carbons (Fsp3) is 0.379. The number of carbonyl (C=O) groups excluding carboxylic acids is 1. The molecular weight excluding hydrogens is 514 g/mol. The minimum Gasteiger partial charge on any atom is -0.502 e. The molecule has 11 nitrogen and oxygen atoms in total. The van der Waals surface area contributed by atoms with Gasteiger partial charge in [-0.15, -0.1) is 0 Å². The van der Waals surface area contributed by atoms with Gasteiger partial charge in [0.15, 0.2) is 5.76 Å². The van der Waals surface area contributed by atoms with E-state index >= 15 is 0 Å². The normalized spacial score (nSPS) is 19.4. The molecule has 0 aliphatic carbocycles. The van der Waals surface area contributed by atoms with Crippen molar-refractivity contribution in [1.29, 1.82) is 0 Å². The number of benzene rings is 1. The number of hydrogen-bond donors (Lipinski definition) is 2. The summed E-state index contributed by atoms with van der Waals surface area (Å²) in [6, 6.07) is 11.9.